The van der Waals surface area contributed by atoms with Gasteiger partial charge >= 0.3 is 5.97 Å². The molecule has 0 spiro atoms. The van der Waals surface area contributed by atoms with Crippen LogP contribution in [0.4, 0.5) is 10.1 Å². The summed E-state index contributed by atoms with van der Waals surface area (Å²) in [5.41, 5.74) is 1.02. The number of phenolic OH excluding ortho intramolecular Hbond substituents is 1. The summed E-state index contributed by atoms with van der Waals surface area (Å²) in [6.07, 6.45) is 0.498. The number of aryl methyl sites for hydroxylation is 1. The third-order valence-corrected chi connectivity index (χ3v) is 4.12. The molecule has 1 atom stereocenters. The van der Waals surface area contributed by atoms with E-state index in [-0.39, 0.29) is 29.2 Å². The van der Waals surface area contributed by atoms with Crippen LogP contribution in [0, 0.1) is 0 Å². The number of carbonyl (C=O) groups excluding carboxylic acids is 1. The molecule has 3 aromatic rings. The van der Waals surface area contributed by atoms with Gasteiger partial charge in [0.05, 0.1) is 5.69 Å². The molecule has 28 heavy (non-hydrogen) atoms. The van der Waals surface area contributed by atoms with Crippen LogP contribution in [0.15, 0.2) is 47.2 Å². The fourth-order valence-corrected chi connectivity index (χ4v) is 2.62. The van der Waals surface area contributed by atoms with Crippen molar-refractivity contribution in [1.29, 1.82) is 0 Å². The quantitative estimate of drug-likeness (QED) is 0.573. The number of rotatable bonds is 7. The number of aromatic hydroxyl groups is 1. The molecule has 0 aliphatic carbocycles. The van der Waals surface area contributed by atoms with E-state index in [1.807, 2.05) is 6.92 Å². The zero-order valence-electron chi connectivity index (χ0n) is 14.9. The molecule has 1 aromatic carbocycles. The van der Waals surface area contributed by atoms with Gasteiger partial charge in [-0.15, -0.1) is 0 Å². The minimum absolute atomic E-state index is 0.0318. The molecule has 0 fully saturated rings. The molecule has 2 heterocycles. The second-order valence-corrected chi connectivity index (χ2v) is 6.11. The van der Waals surface area contributed by atoms with Gasteiger partial charge in [-0.1, -0.05) is 5.16 Å². The molecule has 1 amide bonds. The van der Waals surface area contributed by atoms with Crippen molar-refractivity contribution in [2.24, 2.45) is 0 Å². The number of aromatic nitrogens is 2. The Morgan fingerprint density at radius 2 is 2.00 bits per heavy atom. The van der Waals surface area contributed by atoms with Gasteiger partial charge in [-0.3, -0.25) is 4.79 Å². The lowest BCUT2D eigenvalue weighted by Crippen LogP contribution is -2.26. The molecule has 0 aliphatic heterocycles. The molecule has 1 unspecified atom stereocenters. The van der Waals surface area contributed by atoms with Crippen LogP contribution in [-0.2, 0) is 17.8 Å². The first-order valence-corrected chi connectivity index (χ1v) is 8.50. The minimum Gasteiger partial charge on any atom is -0.508 e. The first-order valence-electron chi connectivity index (χ1n) is 8.50. The third-order valence-electron chi connectivity index (χ3n) is 4.12. The fourth-order valence-electron chi connectivity index (χ4n) is 2.62. The fraction of sp³-hybridized carbons (Fsp3) is 0.211. The normalized spacial score (nSPS) is 11.9. The number of halogens is 1. The van der Waals surface area contributed by atoms with Gasteiger partial charge in [-0.2, -0.15) is 0 Å². The van der Waals surface area contributed by atoms with E-state index in [0.717, 1.165) is 0 Å². The number of phenols is 1. The highest BCUT2D eigenvalue weighted by molar-refractivity contribution is 6.01. The molecule has 0 saturated carbocycles. The molecule has 0 bridgehead atoms. The molecule has 2 aromatic heterocycles. The number of carboxylic acid groups (broad SMARTS) is 1. The second-order valence-electron chi connectivity index (χ2n) is 6.11. The van der Waals surface area contributed by atoms with Crippen LogP contribution in [0.3, 0.4) is 0 Å². The van der Waals surface area contributed by atoms with Crippen LogP contribution in [-0.4, -0.2) is 38.0 Å². The smallest absolute Gasteiger partial charge is 0.339 e. The highest BCUT2D eigenvalue weighted by Crippen LogP contribution is 2.23. The minimum atomic E-state index is -1.95. The summed E-state index contributed by atoms with van der Waals surface area (Å²) in [5.74, 6) is -1.92. The van der Waals surface area contributed by atoms with Crippen molar-refractivity contribution in [2.75, 3.05) is 5.32 Å². The molecule has 0 radical (unpaired) electrons. The van der Waals surface area contributed by atoms with Crippen molar-refractivity contribution in [3.8, 4) is 17.0 Å². The maximum absolute atomic E-state index is 14.4. The van der Waals surface area contributed by atoms with Crippen LogP contribution < -0.4 is 5.32 Å². The average molecular weight is 387 g/mol. The number of aromatic carboxylic acids is 1. The Labute approximate surface area is 159 Å². The molecule has 0 aliphatic rings. The van der Waals surface area contributed by atoms with Crippen molar-refractivity contribution in [3.63, 3.8) is 0 Å². The van der Waals surface area contributed by atoms with Crippen LogP contribution in [0.1, 0.15) is 23.0 Å². The summed E-state index contributed by atoms with van der Waals surface area (Å²) >= 11 is 0. The number of carboxylic acids is 1. The van der Waals surface area contributed by atoms with Crippen molar-refractivity contribution < 1.29 is 28.7 Å². The van der Waals surface area contributed by atoms with E-state index in [2.05, 4.69) is 10.5 Å². The van der Waals surface area contributed by atoms with Crippen LogP contribution in [0.2, 0.25) is 0 Å². The van der Waals surface area contributed by atoms with Gasteiger partial charge in [0.15, 0.2) is 6.17 Å². The maximum atomic E-state index is 14.4. The van der Waals surface area contributed by atoms with Gasteiger partial charge in [0.25, 0.3) is 5.91 Å². The van der Waals surface area contributed by atoms with Crippen LogP contribution in [0.25, 0.3) is 11.3 Å². The van der Waals surface area contributed by atoms with Crippen LogP contribution in [0.5, 0.6) is 5.75 Å². The zero-order valence-corrected chi connectivity index (χ0v) is 14.9. The Kier molecular flexibility index (Phi) is 5.44. The molecular formula is C19H18FN3O5. The van der Waals surface area contributed by atoms with Gasteiger partial charge in [0.1, 0.15) is 22.8 Å². The molecular weight excluding hydrogens is 369 g/mol. The summed E-state index contributed by atoms with van der Waals surface area (Å²) < 4.78 is 21.0. The van der Waals surface area contributed by atoms with E-state index in [1.54, 1.807) is 16.7 Å². The lowest BCUT2D eigenvalue weighted by molar-refractivity contribution is -0.120. The lowest BCUT2D eigenvalue weighted by atomic mass is 10.1. The van der Waals surface area contributed by atoms with Crippen molar-refractivity contribution in [2.45, 2.75) is 26.1 Å². The Morgan fingerprint density at radius 1 is 1.29 bits per heavy atom. The van der Waals surface area contributed by atoms with Gasteiger partial charge < -0.3 is 24.6 Å². The Balaban J connectivity index is 1.67. The van der Waals surface area contributed by atoms with E-state index in [4.69, 9.17) is 4.52 Å². The molecule has 146 valence electrons. The van der Waals surface area contributed by atoms with Crippen molar-refractivity contribution in [1.82, 2.24) is 9.72 Å². The summed E-state index contributed by atoms with van der Waals surface area (Å²) in [4.78, 5) is 23.4. The van der Waals surface area contributed by atoms with E-state index >= 15 is 0 Å². The van der Waals surface area contributed by atoms with Gasteiger partial charge in [-0.05, 0) is 31.2 Å². The number of anilines is 1. The van der Waals surface area contributed by atoms with Crippen molar-refractivity contribution >= 4 is 17.6 Å². The summed E-state index contributed by atoms with van der Waals surface area (Å²) in [7, 11) is 0. The number of hydrogen-bond acceptors (Lipinski definition) is 5. The number of nitrogens with zero attached hydrogens (tertiary/aromatic N) is 2. The Hall–Kier alpha value is -3.62. The first kappa shape index (κ1) is 19.2. The van der Waals surface area contributed by atoms with E-state index in [0.29, 0.717) is 17.8 Å². The number of amides is 1. The second kappa shape index (κ2) is 7.95. The molecule has 9 heteroatoms. The summed E-state index contributed by atoms with van der Waals surface area (Å²) in [6, 6.07) is 7.72. The number of alkyl halides is 1. The largest absolute Gasteiger partial charge is 0.508 e. The standard InChI is InChI=1S/C19H18FN3O5/c1-2-23-9-14(19(26)27)17(10-23)21-18(25)15(20)7-13-8-16(22-28-13)11-3-5-12(24)6-4-11/h3-6,8-10,15,24H,2,7H2,1H3,(H,21,25)(H,26,27). The predicted molar refractivity (Wildman–Crippen MR) is 97.9 cm³/mol. The third kappa shape index (κ3) is 4.20. The Morgan fingerprint density at radius 3 is 2.64 bits per heavy atom. The van der Waals surface area contributed by atoms with Crippen molar-refractivity contribution in [3.05, 3.63) is 54.0 Å². The number of carbonyl (C=O) groups is 2. The summed E-state index contributed by atoms with van der Waals surface area (Å²) in [6.45, 7) is 2.32. The Bertz CT molecular complexity index is 993. The average Bonchev–Trinajstić information content (AvgIpc) is 3.29. The summed E-state index contributed by atoms with van der Waals surface area (Å²) in [5, 5.41) is 24.6. The molecule has 8 nitrogen and oxygen atoms in total. The number of benzene rings is 1. The monoisotopic (exact) mass is 387 g/mol. The highest BCUT2D eigenvalue weighted by atomic mass is 19.1. The van der Waals surface area contributed by atoms with Gasteiger partial charge in [0, 0.05) is 37.0 Å². The zero-order chi connectivity index (χ0) is 20.3. The van der Waals surface area contributed by atoms with E-state index in [1.165, 1.54) is 30.6 Å². The molecule has 3 rings (SSSR count). The van der Waals surface area contributed by atoms with Gasteiger partial charge in [-0.25, -0.2) is 9.18 Å². The lowest BCUT2D eigenvalue weighted by Gasteiger charge is -2.07. The maximum Gasteiger partial charge on any atom is 0.339 e. The number of hydrogen-bond donors (Lipinski definition) is 3. The topological polar surface area (TPSA) is 118 Å². The van der Waals surface area contributed by atoms with E-state index in [9.17, 15) is 24.2 Å². The molecule has 3 N–H and O–H groups in total. The van der Waals surface area contributed by atoms with Gasteiger partial charge in [0.2, 0.25) is 0 Å². The number of nitrogens with one attached hydrogen (secondary N) is 1. The predicted octanol–water partition coefficient (Wildman–Crippen LogP) is 3.09. The first-order chi connectivity index (χ1) is 13.4. The van der Waals surface area contributed by atoms with Crippen LogP contribution >= 0.6 is 0 Å². The highest BCUT2D eigenvalue weighted by Gasteiger charge is 2.23. The SMILES string of the molecule is CCn1cc(NC(=O)C(F)Cc2cc(-c3ccc(O)cc3)no2)c(C(=O)O)c1. The van der Waals surface area contributed by atoms with E-state index < -0.39 is 18.0 Å². The molecule has 0 saturated heterocycles.